The number of thioether (sulfide) groups is 1. The van der Waals surface area contributed by atoms with Crippen molar-refractivity contribution in [2.24, 2.45) is 10.8 Å². The van der Waals surface area contributed by atoms with Gasteiger partial charge in [0.15, 0.2) is 11.4 Å². The highest BCUT2D eigenvalue weighted by molar-refractivity contribution is 8.23. The maximum Gasteiger partial charge on any atom is 0.344 e. The average Bonchev–Trinajstić information content (AvgIpc) is 3.06. The molecule has 208 valence electrons. The summed E-state index contributed by atoms with van der Waals surface area (Å²) in [6.07, 6.45) is 1.31. The summed E-state index contributed by atoms with van der Waals surface area (Å²) in [6.45, 7) is 12.4. The molecule has 12 heteroatoms. The van der Waals surface area contributed by atoms with E-state index in [1.54, 1.807) is 20.8 Å². The fourth-order valence-electron chi connectivity index (χ4n) is 5.02. The number of ketones is 1. The summed E-state index contributed by atoms with van der Waals surface area (Å²) in [5, 5.41) is 9.52. The predicted molar refractivity (Wildman–Crippen MR) is 143 cm³/mol. The Balaban J connectivity index is 2.46. The van der Waals surface area contributed by atoms with Crippen LogP contribution in [0.4, 0.5) is 0 Å². The molecule has 3 atom stereocenters. The van der Waals surface area contributed by atoms with Crippen molar-refractivity contribution in [3.8, 4) is 0 Å². The van der Waals surface area contributed by atoms with Crippen molar-refractivity contribution < 1.29 is 42.5 Å². The Morgan fingerprint density at radius 1 is 1.14 bits per heavy atom. The van der Waals surface area contributed by atoms with Crippen LogP contribution >= 0.6 is 31.6 Å². The van der Waals surface area contributed by atoms with E-state index in [2.05, 4.69) is 0 Å². The molecular formula is C24H41O9PS2. The lowest BCUT2D eigenvalue weighted by molar-refractivity contribution is -0.334. The number of aliphatic carboxylic acids is 1. The van der Waals surface area contributed by atoms with Gasteiger partial charge in [0.2, 0.25) is 4.38 Å². The van der Waals surface area contributed by atoms with Crippen molar-refractivity contribution in [1.82, 2.24) is 0 Å². The van der Waals surface area contributed by atoms with Gasteiger partial charge in [0.25, 0.3) is 0 Å². The number of rotatable bonds is 13. The Bertz CT molecular complexity index is 829. The minimum Gasteiger partial charge on any atom is -0.481 e. The zero-order valence-corrected chi connectivity index (χ0v) is 24.7. The molecule has 0 aromatic heterocycles. The van der Waals surface area contributed by atoms with Crippen LogP contribution in [0.25, 0.3) is 0 Å². The third-order valence-electron chi connectivity index (χ3n) is 6.81. The van der Waals surface area contributed by atoms with Gasteiger partial charge in [0.05, 0.1) is 38.4 Å². The van der Waals surface area contributed by atoms with E-state index in [1.165, 1.54) is 11.8 Å². The summed E-state index contributed by atoms with van der Waals surface area (Å²) in [4.78, 5) is 25.8. The van der Waals surface area contributed by atoms with E-state index >= 15 is 0 Å². The zero-order chi connectivity index (χ0) is 27.2. The van der Waals surface area contributed by atoms with Crippen molar-refractivity contribution in [1.29, 1.82) is 0 Å². The van der Waals surface area contributed by atoms with Crippen LogP contribution in [0.2, 0.25) is 0 Å². The van der Waals surface area contributed by atoms with E-state index in [9.17, 15) is 19.3 Å². The topological polar surface area (TPSA) is 118 Å². The first-order chi connectivity index (χ1) is 16.8. The summed E-state index contributed by atoms with van der Waals surface area (Å²) in [6, 6.07) is 0. The van der Waals surface area contributed by atoms with Gasteiger partial charge in [0, 0.05) is 23.5 Å². The van der Waals surface area contributed by atoms with Gasteiger partial charge in [-0.3, -0.25) is 14.2 Å². The first-order valence-electron chi connectivity index (χ1n) is 12.6. The van der Waals surface area contributed by atoms with Crippen LogP contribution in [0.1, 0.15) is 73.6 Å². The molecule has 1 saturated carbocycles. The molecule has 1 N–H and O–H groups in total. The minimum atomic E-state index is -3.99. The van der Waals surface area contributed by atoms with Gasteiger partial charge >= 0.3 is 13.6 Å². The van der Waals surface area contributed by atoms with E-state index in [4.69, 9.17) is 35.5 Å². The van der Waals surface area contributed by atoms with Gasteiger partial charge in [-0.25, -0.2) is 0 Å². The quantitative estimate of drug-likeness (QED) is 0.226. The van der Waals surface area contributed by atoms with Crippen molar-refractivity contribution in [3.05, 3.63) is 0 Å². The Labute approximate surface area is 224 Å². The van der Waals surface area contributed by atoms with Crippen molar-refractivity contribution in [3.63, 3.8) is 0 Å². The van der Waals surface area contributed by atoms with Gasteiger partial charge in [-0.2, -0.15) is 0 Å². The molecule has 36 heavy (non-hydrogen) atoms. The van der Waals surface area contributed by atoms with Gasteiger partial charge in [-0.05, 0) is 52.3 Å². The third-order valence-corrected chi connectivity index (χ3v) is 10.7. The van der Waals surface area contributed by atoms with E-state index < -0.39 is 35.7 Å². The Morgan fingerprint density at radius 2 is 1.72 bits per heavy atom. The molecule has 1 aliphatic heterocycles. The van der Waals surface area contributed by atoms with E-state index in [0.29, 0.717) is 39.1 Å². The van der Waals surface area contributed by atoms with Crippen LogP contribution in [0.15, 0.2) is 0 Å². The van der Waals surface area contributed by atoms with Crippen LogP contribution in [0.5, 0.6) is 0 Å². The van der Waals surface area contributed by atoms with Crippen LogP contribution in [0.3, 0.4) is 0 Å². The molecule has 2 unspecified atom stereocenters. The summed E-state index contributed by atoms with van der Waals surface area (Å²) in [7, 11) is -3.99. The average molecular weight is 569 g/mol. The molecule has 1 heterocycles. The number of hydrogen-bond donors (Lipinski definition) is 1. The number of Topliss-reactive ketones (excluding diaryl/α,β-unsaturated/α-hetero) is 1. The molecule has 1 aliphatic carbocycles. The SMILES string of the molecule is CCOC(=S)SC(CC(C(=O)O)P(=O)(OCC)OCC)C[C@@]1(CC)C(=O)CCC12OCC(C)(C)CO2. The second kappa shape index (κ2) is 13.0. The molecule has 1 spiro atoms. The summed E-state index contributed by atoms with van der Waals surface area (Å²) < 4.78 is 42.7. The highest BCUT2D eigenvalue weighted by atomic mass is 32.2. The van der Waals surface area contributed by atoms with Crippen LogP contribution in [-0.2, 0) is 37.4 Å². The van der Waals surface area contributed by atoms with Crippen molar-refractivity contribution in [2.75, 3.05) is 33.0 Å². The molecule has 2 rings (SSSR count). The largest absolute Gasteiger partial charge is 0.481 e. The smallest absolute Gasteiger partial charge is 0.344 e. The summed E-state index contributed by atoms with van der Waals surface area (Å²) in [5.74, 6) is -2.37. The van der Waals surface area contributed by atoms with Gasteiger partial charge in [-0.15, -0.1) is 0 Å². The van der Waals surface area contributed by atoms with Crippen molar-refractivity contribution >= 4 is 47.7 Å². The molecule has 1 saturated heterocycles. The van der Waals surface area contributed by atoms with Gasteiger partial charge in [0.1, 0.15) is 5.78 Å². The highest BCUT2D eigenvalue weighted by Crippen LogP contribution is 2.59. The molecule has 0 amide bonds. The third kappa shape index (κ3) is 6.90. The lowest BCUT2D eigenvalue weighted by Gasteiger charge is -2.50. The lowest BCUT2D eigenvalue weighted by atomic mass is 9.72. The predicted octanol–water partition coefficient (Wildman–Crippen LogP) is 5.44. The number of thiocarbonyl (C=S) groups is 1. The number of carboxylic acids is 1. The molecule has 0 radical (unpaired) electrons. The number of ether oxygens (including phenoxy) is 3. The molecule has 0 bridgehead atoms. The first-order valence-corrected chi connectivity index (χ1v) is 15.5. The second-order valence-corrected chi connectivity index (χ2v) is 14.1. The lowest BCUT2D eigenvalue weighted by Crippen LogP contribution is -2.57. The number of carbonyl (C=O) groups is 2. The maximum atomic E-state index is 13.5. The maximum absolute atomic E-state index is 13.5. The monoisotopic (exact) mass is 568 g/mol. The highest BCUT2D eigenvalue weighted by Gasteiger charge is 2.64. The molecule has 9 nitrogen and oxygen atoms in total. The van der Waals surface area contributed by atoms with E-state index in [-0.39, 0.29) is 41.6 Å². The minimum absolute atomic E-state index is 0.0160. The summed E-state index contributed by atoms with van der Waals surface area (Å²) in [5.41, 5.74) is -2.63. The second-order valence-electron chi connectivity index (χ2n) is 9.95. The molecule has 2 fully saturated rings. The Morgan fingerprint density at radius 3 is 2.19 bits per heavy atom. The normalized spacial score (nSPS) is 25.0. The fraction of sp³-hybridized carbons (Fsp3) is 0.875. The molecule has 2 aliphatic rings. The van der Waals surface area contributed by atoms with E-state index in [1.807, 2.05) is 20.8 Å². The van der Waals surface area contributed by atoms with Crippen LogP contribution < -0.4 is 0 Å². The number of hydrogen-bond acceptors (Lipinski definition) is 10. The number of carboxylic acid groups (broad SMARTS) is 1. The van der Waals surface area contributed by atoms with E-state index in [0.717, 1.165) is 0 Å². The Kier molecular flexibility index (Phi) is 11.4. The van der Waals surface area contributed by atoms with Gasteiger partial charge in [-0.1, -0.05) is 32.5 Å². The first kappa shape index (κ1) is 31.7. The summed E-state index contributed by atoms with van der Waals surface area (Å²) >= 11 is 6.55. The molecule has 0 aromatic rings. The van der Waals surface area contributed by atoms with Crippen LogP contribution in [-0.4, -0.2) is 71.0 Å². The fourth-order valence-corrected chi connectivity index (χ4v) is 8.74. The Hall–Kier alpha value is -0.550. The molecule has 0 aromatic carbocycles. The van der Waals surface area contributed by atoms with Crippen LogP contribution in [0, 0.1) is 10.8 Å². The molecular weight excluding hydrogens is 527 g/mol. The van der Waals surface area contributed by atoms with Gasteiger partial charge < -0.3 is 28.4 Å². The van der Waals surface area contributed by atoms with Crippen molar-refractivity contribution in [2.45, 2.75) is 90.3 Å². The zero-order valence-electron chi connectivity index (χ0n) is 22.2. The standard InChI is InChI=1S/C24H41O9PS2/c1-7-23(19(25)11-12-24(23)30-15-22(5,6)16-31-24)14-17(36-21(35)29-8-2)13-18(20(26)27)34(28,32-9-3)33-10-4/h17-18H,7-16H2,1-6H3,(H,26,27)/t17?,18?,23-/m0/s1. The number of carbonyl (C=O) groups excluding carboxylic acids is 1.